The van der Waals surface area contributed by atoms with Gasteiger partial charge >= 0.3 is 0 Å². The molecule has 1 aliphatic heterocycles. The van der Waals surface area contributed by atoms with Crippen molar-refractivity contribution in [3.05, 3.63) is 71.8 Å². The van der Waals surface area contributed by atoms with Crippen molar-refractivity contribution in [1.29, 1.82) is 0 Å². The fraction of sp³-hybridized carbons (Fsp3) is 0.118. The van der Waals surface area contributed by atoms with E-state index in [4.69, 9.17) is 23.2 Å². The molecule has 0 unspecified atom stereocenters. The van der Waals surface area contributed by atoms with Crippen molar-refractivity contribution < 1.29 is 9.59 Å². The van der Waals surface area contributed by atoms with Crippen LogP contribution >= 0.6 is 23.2 Å². The van der Waals surface area contributed by atoms with Gasteiger partial charge in [0.1, 0.15) is 5.84 Å². The summed E-state index contributed by atoms with van der Waals surface area (Å²) in [5.74, 6) is -0.768. The molecule has 0 saturated heterocycles. The number of aliphatic imine (C=N–C) groups is 1. The van der Waals surface area contributed by atoms with Gasteiger partial charge in [-0.05, 0) is 12.1 Å². The van der Waals surface area contributed by atoms with Gasteiger partial charge in [-0.3, -0.25) is 9.59 Å². The maximum atomic E-state index is 12.5. The predicted octanol–water partition coefficient (Wildman–Crippen LogP) is 2.49. The number of hydrogen-bond acceptors (Lipinski definition) is 3. The molecule has 1 atom stereocenters. The van der Waals surface area contributed by atoms with Gasteiger partial charge in [-0.2, -0.15) is 0 Å². The van der Waals surface area contributed by atoms with Crippen molar-refractivity contribution in [3.8, 4) is 0 Å². The highest BCUT2D eigenvalue weighted by molar-refractivity contribution is 6.47. The third-order valence-corrected chi connectivity index (χ3v) is 4.20. The van der Waals surface area contributed by atoms with Crippen LogP contribution in [0.25, 0.3) is 0 Å². The van der Waals surface area contributed by atoms with Crippen LogP contribution in [0.2, 0.25) is 0 Å². The molecule has 0 aromatic heterocycles. The third kappa shape index (κ3) is 3.00. The van der Waals surface area contributed by atoms with Gasteiger partial charge in [0, 0.05) is 11.1 Å². The third-order valence-electron chi connectivity index (χ3n) is 3.57. The zero-order valence-corrected chi connectivity index (χ0v) is 13.9. The van der Waals surface area contributed by atoms with Crippen molar-refractivity contribution in [3.63, 3.8) is 0 Å². The van der Waals surface area contributed by atoms with Crippen LogP contribution < -0.4 is 10.6 Å². The second-order valence-corrected chi connectivity index (χ2v) is 6.26. The average Bonchev–Trinajstić information content (AvgIpc) is 2.94. The monoisotopic (exact) mass is 361 g/mol. The summed E-state index contributed by atoms with van der Waals surface area (Å²) in [5, 5.41) is 5.18. The number of carbonyl (C=O) groups is 2. The fourth-order valence-electron chi connectivity index (χ4n) is 2.31. The SMILES string of the molecule is O=C(N[C@]1(C(Cl)Cl)N=C(c2ccccc2)NC1=O)c1ccccc1. The summed E-state index contributed by atoms with van der Waals surface area (Å²) >= 11 is 12.0. The van der Waals surface area contributed by atoms with Crippen LogP contribution in [-0.2, 0) is 4.79 Å². The van der Waals surface area contributed by atoms with Crippen LogP contribution in [0.5, 0.6) is 0 Å². The molecule has 1 aliphatic rings. The molecule has 122 valence electrons. The Morgan fingerprint density at radius 2 is 1.62 bits per heavy atom. The largest absolute Gasteiger partial charge is 0.318 e. The molecule has 5 nitrogen and oxygen atoms in total. The zero-order chi connectivity index (χ0) is 17.2. The topological polar surface area (TPSA) is 70.6 Å². The Labute approximate surface area is 148 Å². The van der Waals surface area contributed by atoms with Crippen molar-refractivity contribution in [2.24, 2.45) is 4.99 Å². The van der Waals surface area contributed by atoms with E-state index in [1.54, 1.807) is 42.5 Å². The number of nitrogens with one attached hydrogen (secondary N) is 2. The van der Waals surface area contributed by atoms with Gasteiger partial charge in [-0.25, -0.2) is 4.99 Å². The number of alkyl halides is 2. The average molecular weight is 362 g/mol. The summed E-state index contributed by atoms with van der Waals surface area (Å²) in [5.41, 5.74) is -0.709. The first kappa shape index (κ1) is 16.5. The van der Waals surface area contributed by atoms with Crippen molar-refractivity contribution >= 4 is 40.9 Å². The van der Waals surface area contributed by atoms with E-state index in [1.165, 1.54) is 0 Å². The summed E-state index contributed by atoms with van der Waals surface area (Å²) < 4.78 is 0. The quantitative estimate of drug-likeness (QED) is 0.821. The highest BCUT2D eigenvalue weighted by Crippen LogP contribution is 2.27. The minimum atomic E-state index is -1.78. The van der Waals surface area contributed by atoms with Gasteiger partial charge in [-0.15, -0.1) is 0 Å². The Morgan fingerprint density at radius 1 is 1.04 bits per heavy atom. The number of halogens is 2. The molecule has 0 radical (unpaired) electrons. The molecule has 2 aromatic rings. The summed E-state index contributed by atoms with van der Waals surface area (Å²) in [6.07, 6.45) is 0. The van der Waals surface area contributed by atoms with E-state index in [-0.39, 0.29) is 0 Å². The highest BCUT2D eigenvalue weighted by Gasteiger charge is 2.50. The van der Waals surface area contributed by atoms with Gasteiger partial charge in [0.15, 0.2) is 4.84 Å². The van der Waals surface area contributed by atoms with Crippen LogP contribution in [0.1, 0.15) is 15.9 Å². The number of nitrogens with zero attached hydrogens (tertiary/aromatic N) is 1. The Kier molecular flexibility index (Phi) is 4.55. The van der Waals surface area contributed by atoms with E-state index in [0.717, 1.165) is 0 Å². The minimum absolute atomic E-state index is 0.306. The number of benzene rings is 2. The predicted molar refractivity (Wildman–Crippen MR) is 93.3 cm³/mol. The second-order valence-electron chi connectivity index (χ2n) is 5.17. The lowest BCUT2D eigenvalue weighted by atomic mass is 10.1. The lowest BCUT2D eigenvalue weighted by molar-refractivity contribution is -0.124. The van der Waals surface area contributed by atoms with E-state index in [0.29, 0.717) is 17.0 Å². The molecule has 0 fully saturated rings. The Hall–Kier alpha value is -2.37. The smallest absolute Gasteiger partial charge is 0.277 e. The Morgan fingerprint density at radius 3 is 2.21 bits per heavy atom. The van der Waals surface area contributed by atoms with Gasteiger partial charge in [-0.1, -0.05) is 71.7 Å². The van der Waals surface area contributed by atoms with E-state index in [2.05, 4.69) is 15.6 Å². The van der Waals surface area contributed by atoms with Crippen LogP contribution in [0.4, 0.5) is 0 Å². The molecule has 0 aliphatic carbocycles. The highest BCUT2D eigenvalue weighted by atomic mass is 35.5. The van der Waals surface area contributed by atoms with Gasteiger partial charge < -0.3 is 10.6 Å². The second kappa shape index (κ2) is 6.63. The number of rotatable bonds is 4. The van der Waals surface area contributed by atoms with Gasteiger partial charge in [0.2, 0.25) is 5.66 Å². The normalized spacial score (nSPS) is 19.8. The van der Waals surface area contributed by atoms with E-state index in [1.807, 2.05) is 18.2 Å². The molecule has 2 N–H and O–H groups in total. The lowest BCUT2D eigenvalue weighted by Crippen LogP contribution is -2.58. The molecular formula is C17H13Cl2N3O2. The van der Waals surface area contributed by atoms with Crippen LogP contribution in [0, 0.1) is 0 Å². The molecular weight excluding hydrogens is 349 g/mol. The number of amidine groups is 1. The maximum Gasteiger partial charge on any atom is 0.277 e. The van der Waals surface area contributed by atoms with Crippen LogP contribution in [-0.4, -0.2) is 28.1 Å². The van der Waals surface area contributed by atoms with Crippen molar-refractivity contribution in [2.45, 2.75) is 10.5 Å². The Bertz CT molecular complexity index is 794. The van der Waals surface area contributed by atoms with Gasteiger partial charge in [0.05, 0.1) is 0 Å². The summed E-state index contributed by atoms with van der Waals surface area (Å²) in [6.45, 7) is 0. The van der Waals surface area contributed by atoms with E-state index in [9.17, 15) is 9.59 Å². The fourth-order valence-corrected chi connectivity index (χ4v) is 2.72. The molecule has 24 heavy (non-hydrogen) atoms. The molecule has 2 aromatic carbocycles. The molecule has 0 saturated carbocycles. The minimum Gasteiger partial charge on any atom is -0.318 e. The standard InChI is InChI=1S/C17H13Cl2N3O2/c18-15(19)17(22-14(23)12-9-5-2-6-10-12)16(24)20-13(21-17)11-7-3-1-4-8-11/h1-10,15H,(H,22,23)(H,20,21,24)/t17-/m0/s1. The number of hydrogen-bond donors (Lipinski definition) is 2. The summed E-state index contributed by atoms with van der Waals surface area (Å²) in [6, 6.07) is 17.5. The van der Waals surface area contributed by atoms with Crippen LogP contribution in [0.15, 0.2) is 65.7 Å². The van der Waals surface area contributed by atoms with Crippen molar-refractivity contribution in [1.82, 2.24) is 10.6 Å². The first-order chi connectivity index (χ1) is 11.5. The first-order valence-corrected chi connectivity index (χ1v) is 8.02. The lowest BCUT2D eigenvalue weighted by Gasteiger charge is -2.25. The zero-order valence-electron chi connectivity index (χ0n) is 12.4. The number of carbonyl (C=O) groups excluding carboxylic acids is 2. The van der Waals surface area contributed by atoms with Crippen LogP contribution in [0.3, 0.4) is 0 Å². The molecule has 3 rings (SSSR count). The molecule has 2 amide bonds. The summed E-state index contributed by atoms with van der Waals surface area (Å²) in [7, 11) is 0. The summed E-state index contributed by atoms with van der Waals surface area (Å²) in [4.78, 5) is 27.9. The van der Waals surface area contributed by atoms with Crippen molar-refractivity contribution in [2.75, 3.05) is 0 Å². The molecule has 7 heteroatoms. The van der Waals surface area contributed by atoms with E-state index < -0.39 is 22.3 Å². The molecule has 1 heterocycles. The Balaban J connectivity index is 1.95. The molecule has 0 spiro atoms. The van der Waals surface area contributed by atoms with E-state index >= 15 is 0 Å². The van der Waals surface area contributed by atoms with Gasteiger partial charge in [0.25, 0.3) is 11.8 Å². The first-order valence-electron chi connectivity index (χ1n) is 7.15. The number of amides is 2. The maximum absolute atomic E-state index is 12.5. The molecule has 0 bridgehead atoms.